The third-order valence-corrected chi connectivity index (χ3v) is 7.27. The topological polar surface area (TPSA) is 135 Å². The van der Waals surface area contributed by atoms with E-state index in [-0.39, 0.29) is 0 Å². The van der Waals surface area contributed by atoms with Gasteiger partial charge in [-0.1, -0.05) is 13.3 Å². The fourth-order valence-electron chi connectivity index (χ4n) is 5.15. The van der Waals surface area contributed by atoms with Crippen LogP contribution in [0, 0.1) is 5.92 Å². The molecule has 36 heavy (non-hydrogen) atoms. The van der Waals surface area contributed by atoms with Gasteiger partial charge in [0.25, 0.3) is 11.8 Å². The summed E-state index contributed by atoms with van der Waals surface area (Å²) in [6.07, 6.45) is 7.23. The van der Waals surface area contributed by atoms with Crippen molar-refractivity contribution in [2.24, 2.45) is 11.0 Å². The minimum atomic E-state index is -0.943. The third-order valence-electron chi connectivity index (χ3n) is 7.27. The second-order valence-electron chi connectivity index (χ2n) is 9.41. The molecule has 2 aromatic heterocycles. The van der Waals surface area contributed by atoms with Gasteiger partial charge in [0.05, 0.1) is 12.5 Å². The van der Waals surface area contributed by atoms with Gasteiger partial charge in [-0.2, -0.15) is 5.10 Å². The van der Waals surface area contributed by atoms with Gasteiger partial charge < -0.3 is 18.9 Å². The average Bonchev–Trinajstić information content (AvgIpc) is 3.68. The molecule has 4 amide bonds. The number of carbonyl (C=O) groups excluding carboxylic acids is 4. The smallest absolute Gasteiger partial charge is 0.326 e. The highest BCUT2D eigenvalue weighted by atomic mass is 16.5. The lowest BCUT2D eigenvalue weighted by Gasteiger charge is -2.34. The summed E-state index contributed by atoms with van der Waals surface area (Å²) in [5, 5.41) is 8.36. The number of carbonyl (C=O) groups is 4. The van der Waals surface area contributed by atoms with Crippen molar-refractivity contribution in [1.82, 2.24) is 15.2 Å². The van der Waals surface area contributed by atoms with Crippen LogP contribution in [0.4, 0.5) is 4.79 Å². The van der Waals surface area contributed by atoms with Crippen LogP contribution in [-0.2, 0) is 19.1 Å². The van der Waals surface area contributed by atoms with Crippen LogP contribution < -0.4 is 5.32 Å². The molecule has 2 aliphatic heterocycles. The second kappa shape index (κ2) is 9.63. The monoisotopic (exact) mass is 496 g/mol. The van der Waals surface area contributed by atoms with E-state index in [0.717, 1.165) is 24.2 Å². The number of ether oxygens (including phenoxy) is 1. The Bertz CT molecular complexity index is 1160. The zero-order valence-electron chi connectivity index (χ0n) is 20.0. The van der Waals surface area contributed by atoms with Gasteiger partial charge in [-0.25, -0.2) is 9.80 Å². The van der Waals surface area contributed by atoms with Crippen LogP contribution in [0.25, 0.3) is 0 Å². The number of imide groups is 1. The first kappa shape index (κ1) is 23.8. The first-order valence-corrected chi connectivity index (χ1v) is 12.2. The molecule has 190 valence electrons. The van der Waals surface area contributed by atoms with Gasteiger partial charge in [0.2, 0.25) is 0 Å². The van der Waals surface area contributed by atoms with E-state index in [1.54, 1.807) is 24.3 Å². The van der Waals surface area contributed by atoms with Crippen molar-refractivity contribution >= 4 is 29.5 Å². The fraction of sp³-hybridized carbons (Fsp3) is 0.480. The lowest BCUT2D eigenvalue weighted by atomic mass is 9.75. The Morgan fingerprint density at radius 3 is 2.58 bits per heavy atom. The highest BCUT2D eigenvalue weighted by molar-refractivity contribution is 6.08. The van der Waals surface area contributed by atoms with E-state index in [1.807, 2.05) is 0 Å². The number of nitrogens with one attached hydrogen (secondary N) is 1. The molecule has 4 heterocycles. The van der Waals surface area contributed by atoms with Crippen LogP contribution in [0.1, 0.15) is 63.0 Å². The summed E-state index contributed by atoms with van der Waals surface area (Å²) in [5.74, 6) is -0.234. The van der Waals surface area contributed by atoms with Crippen LogP contribution in [-0.4, -0.2) is 58.1 Å². The zero-order valence-corrected chi connectivity index (χ0v) is 20.0. The maximum Gasteiger partial charge on any atom is 0.326 e. The minimum absolute atomic E-state index is 0.365. The number of hydrazone groups is 1. The van der Waals surface area contributed by atoms with Gasteiger partial charge in [-0.05, 0) is 55.9 Å². The second-order valence-corrected chi connectivity index (χ2v) is 9.41. The first-order chi connectivity index (χ1) is 17.4. The third kappa shape index (κ3) is 4.40. The molecule has 2 fully saturated rings. The summed E-state index contributed by atoms with van der Waals surface area (Å²) in [6.45, 7) is 0.959. The number of nitrogens with zero attached hydrogens (tertiary/aromatic N) is 3. The maximum absolute atomic E-state index is 13.0. The van der Waals surface area contributed by atoms with E-state index in [4.69, 9.17) is 13.6 Å². The molecule has 0 radical (unpaired) electrons. The minimum Gasteiger partial charge on any atom is -0.467 e. The summed E-state index contributed by atoms with van der Waals surface area (Å²) in [6, 6.07) is 5.78. The molecule has 0 bridgehead atoms. The Morgan fingerprint density at radius 2 is 1.92 bits per heavy atom. The Kier molecular flexibility index (Phi) is 6.38. The molecule has 1 saturated carbocycles. The molecular weight excluding hydrogens is 468 g/mol. The van der Waals surface area contributed by atoms with Crippen molar-refractivity contribution in [2.75, 3.05) is 13.2 Å². The number of esters is 1. The molecule has 1 spiro atoms. The van der Waals surface area contributed by atoms with Crippen molar-refractivity contribution < 1.29 is 32.7 Å². The average molecular weight is 497 g/mol. The van der Waals surface area contributed by atoms with Gasteiger partial charge in [0.15, 0.2) is 6.61 Å². The largest absolute Gasteiger partial charge is 0.467 e. The van der Waals surface area contributed by atoms with Crippen molar-refractivity contribution in [2.45, 2.75) is 57.0 Å². The highest BCUT2D eigenvalue weighted by Crippen LogP contribution is 2.37. The van der Waals surface area contributed by atoms with Gasteiger partial charge in [0, 0.05) is 6.42 Å². The number of furan rings is 2. The Hall–Kier alpha value is -3.89. The maximum atomic E-state index is 13.0. The Balaban J connectivity index is 1.20. The standard InChI is InChI=1S/C25H28N4O7/c1-2-16-7-9-25(10-8-16)23(32)28(24(33)26-25)14-22(31)36-15-21(30)29-18(20-6-4-12-35-20)13-17(27-29)19-5-3-11-34-19/h3-6,11-12,16,18H,2,7-10,13-15H2,1H3,(H,26,33). The normalized spacial score (nSPS) is 25.9. The van der Waals surface area contributed by atoms with E-state index < -0.39 is 48.5 Å². The van der Waals surface area contributed by atoms with E-state index in [2.05, 4.69) is 17.3 Å². The molecule has 1 aliphatic carbocycles. The molecule has 5 rings (SSSR count). The number of amides is 4. The van der Waals surface area contributed by atoms with Crippen LogP contribution in [0.3, 0.4) is 0 Å². The summed E-state index contributed by atoms with van der Waals surface area (Å²) >= 11 is 0. The van der Waals surface area contributed by atoms with Gasteiger partial charge >= 0.3 is 12.0 Å². The molecule has 1 unspecified atom stereocenters. The molecule has 1 saturated heterocycles. The van der Waals surface area contributed by atoms with E-state index in [1.165, 1.54) is 17.5 Å². The van der Waals surface area contributed by atoms with Crippen LogP contribution in [0.15, 0.2) is 50.7 Å². The fourth-order valence-corrected chi connectivity index (χ4v) is 5.15. The van der Waals surface area contributed by atoms with Crippen LogP contribution in [0.2, 0.25) is 0 Å². The molecule has 11 nitrogen and oxygen atoms in total. The summed E-state index contributed by atoms with van der Waals surface area (Å²) in [7, 11) is 0. The van der Waals surface area contributed by atoms with Crippen molar-refractivity contribution in [3.05, 3.63) is 48.3 Å². The van der Waals surface area contributed by atoms with E-state index >= 15 is 0 Å². The lowest BCUT2D eigenvalue weighted by Crippen LogP contribution is -2.49. The van der Waals surface area contributed by atoms with Crippen LogP contribution >= 0.6 is 0 Å². The highest BCUT2D eigenvalue weighted by Gasteiger charge is 2.52. The quantitative estimate of drug-likeness (QED) is 0.460. The Labute approximate surface area is 207 Å². The molecule has 11 heteroatoms. The van der Waals surface area contributed by atoms with Gasteiger partial charge in [-0.15, -0.1) is 0 Å². The Morgan fingerprint density at radius 1 is 1.17 bits per heavy atom. The van der Waals surface area contributed by atoms with Crippen molar-refractivity contribution in [3.8, 4) is 0 Å². The number of hydrogen-bond donors (Lipinski definition) is 1. The number of urea groups is 1. The molecular formula is C25H28N4O7. The summed E-state index contributed by atoms with van der Waals surface area (Å²) < 4.78 is 16.0. The number of rotatable bonds is 7. The van der Waals surface area contributed by atoms with Crippen molar-refractivity contribution in [1.29, 1.82) is 0 Å². The lowest BCUT2D eigenvalue weighted by molar-refractivity contribution is -0.154. The predicted molar refractivity (Wildman–Crippen MR) is 124 cm³/mol. The SMILES string of the molecule is CCC1CCC2(CC1)NC(=O)N(CC(=O)OCC(=O)N1N=C(c3ccco3)CC1c1ccco1)C2=O. The molecule has 2 aromatic rings. The summed E-state index contributed by atoms with van der Waals surface area (Å²) in [4.78, 5) is 51.8. The van der Waals surface area contributed by atoms with E-state index in [0.29, 0.717) is 42.4 Å². The predicted octanol–water partition coefficient (Wildman–Crippen LogP) is 2.98. The molecule has 3 aliphatic rings. The number of hydrogen-bond acceptors (Lipinski definition) is 8. The van der Waals surface area contributed by atoms with Crippen molar-refractivity contribution in [3.63, 3.8) is 0 Å². The molecule has 1 atom stereocenters. The van der Waals surface area contributed by atoms with E-state index in [9.17, 15) is 19.2 Å². The molecule has 1 N–H and O–H groups in total. The van der Waals surface area contributed by atoms with Gasteiger partial charge in [-0.3, -0.25) is 19.3 Å². The summed E-state index contributed by atoms with van der Waals surface area (Å²) in [5.41, 5.74) is -0.384. The first-order valence-electron chi connectivity index (χ1n) is 12.2. The van der Waals surface area contributed by atoms with Crippen LogP contribution in [0.5, 0.6) is 0 Å². The zero-order chi connectivity index (χ0) is 25.3. The van der Waals surface area contributed by atoms with Gasteiger partial charge in [0.1, 0.15) is 35.4 Å². The molecule has 0 aromatic carbocycles.